The Morgan fingerprint density at radius 2 is 1.71 bits per heavy atom. The lowest BCUT2D eigenvalue weighted by atomic mass is 9.97. The van der Waals surface area contributed by atoms with Crippen molar-refractivity contribution >= 4 is 0 Å². The molecule has 1 aromatic carbocycles. The maximum atomic E-state index is 5.54. The van der Waals surface area contributed by atoms with E-state index in [4.69, 9.17) is 9.47 Å². The first-order chi connectivity index (χ1) is 8.36. The maximum Gasteiger partial charge on any atom is 0.0498 e. The Kier molecular flexibility index (Phi) is 7.69. The van der Waals surface area contributed by atoms with Crippen molar-refractivity contribution in [3.63, 3.8) is 0 Å². The van der Waals surface area contributed by atoms with Gasteiger partial charge in [-0.05, 0) is 38.2 Å². The molecule has 2 nitrogen and oxygen atoms in total. The van der Waals surface area contributed by atoms with Crippen molar-refractivity contribution in [2.45, 2.75) is 26.7 Å². The Morgan fingerprint density at radius 1 is 1.00 bits per heavy atom. The highest BCUT2D eigenvalue weighted by Crippen LogP contribution is 2.13. The van der Waals surface area contributed by atoms with Crippen molar-refractivity contribution in [3.05, 3.63) is 35.9 Å². The lowest BCUT2D eigenvalue weighted by Crippen LogP contribution is -2.15. The van der Waals surface area contributed by atoms with Crippen LogP contribution in [0.15, 0.2) is 30.3 Å². The summed E-state index contributed by atoms with van der Waals surface area (Å²) in [6.07, 6.45) is 2.15. The number of benzene rings is 1. The van der Waals surface area contributed by atoms with Gasteiger partial charge >= 0.3 is 0 Å². The zero-order valence-electron chi connectivity index (χ0n) is 11.0. The molecule has 17 heavy (non-hydrogen) atoms. The zero-order valence-corrected chi connectivity index (χ0v) is 11.0. The minimum absolute atomic E-state index is 0.559. The van der Waals surface area contributed by atoms with Crippen molar-refractivity contribution in [3.8, 4) is 0 Å². The predicted molar refractivity (Wildman–Crippen MR) is 71.2 cm³/mol. The molecule has 1 aromatic rings. The highest BCUT2D eigenvalue weighted by atomic mass is 16.5. The largest absolute Gasteiger partial charge is 0.382 e. The van der Waals surface area contributed by atoms with Gasteiger partial charge in [0.1, 0.15) is 0 Å². The second-order valence-electron chi connectivity index (χ2n) is 4.20. The molecule has 0 N–H and O–H groups in total. The third-order valence-electron chi connectivity index (χ3n) is 2.80. The second kappa shape index (κ2) is 9.20. The Hall–Kier alpha value is -0.860. The van der Waals surface area contributed by atoms with Gasteiger partial charge in [0.05, 0.1) is 0 Å². The van der Waals surface area contributed by atoms with Crippen molar-refractivity contribution in [2.75, 3.05) is 26.4 Å². The Bertz CT molecular complexity index is 272. The monoisotopic (exact) mass is 236 g/mol. The third kappa shape index (κ3) is 6.44. The summed E-state index contributed by atoms with van der Waals surface area (Å²) in [4.78, 5) is 0. The van der Waals surface area contributed by atoms with Crippen LogP contribution in [0.5, 0.6) is 0 Å². The Balaban J connectivity index is 2.39. The topological polar surface area (TPSA) is 18.5 Å². The van der Waals surface area contributed by atoms with Gasteiger partial charge in [-0.25, -0.2) is 0 Å². The summed E-state index contributed by atoms with van der Waals surface area (Å²) < 4.78 is 11.0. The number of ether oxygens (including phenoxy) is 2. The van der Waals surface area contributed by atoms with E-state index < -0.39 is 0 Å². The molecule has 2 heteroatoms. The highest BCUT2D eigenvalue weighted by Gasteiger charge is 2.09. The van der Waals surface area contributed by atoms with Crippen LogP contribution in [0.4, 0.5) is 0 Å². The molecule has 0 saturated heterocycles. The standard InChI is InChI=1S/C15H24O2/c1-3-16-11-10-15(13-17-4-2)12-14-8-6-5-7-9-14/h5-9,15H,3-4,10-13H2,1-2H3. The molecule has 0 radical (unpaired) electrons. The van der Waals surface area contributed by atoms with Crippen LogP contribution in [-0.2, 0) is 15.9 Å². The highest BCUT2D eigenvalue weighted by molar-refractivity contribution is 5.15. The predicted octanol–water partition coefficient (Wildman–Crippen LogP) is 3.31. The fraction of sp³-hybridized carbons (Fsp3) is 0.600. The van der Waals surface area contributed by atoms with Crippen molar-refractivity contribution in [1.29, 1.82) is 0 Å². The molecule has 0 heterocycles. The summed E-state index contributed by atoms with van der Waals surface area (Å²) in [6.45, 7) is 7.34. The van der Waals surface area contributed by atoms with E-state index in [2.05, 4.69) is 30.3 Å². The summed E-state index contributed by atoms with van der Waals surface area (Å²) in [7, 11) is 0. The van der Waals surface area contributed by atoms with Gasteiger partial charge in [0.25, 0.3) is 0 Å². The molecule has 1 atom stereocenters. The maximum absolute atomic E-state index is 5.54. The lowest BCUT2D eigenvalue weighted by molar-refractivity contribution is 0.0797. The van der Waals surface area contributed by atoms with Crippen molar-refractivity contribution in [1.82, 2.24) is 0 Å². The van der Waals surface area contributed by atoms with Crippen molar-refractivity contribution in [2.24, 2.45) is 5.92 Å². The van der Waals surface area contributed by atoms with E-state index in [-0.39, 0.29) is 0 Å². The van der Waals surface area contributed by atoms with E-state index in [0.717, 1.165) is 39.3 Å². The normalized spacial score (nSPS) is 12.6. The van der Waals surface area contributed by atoms with E-state index in [1.165, 1.54) is 5.56 Å². The number of hydrogen-bond acceptors (Lipinski definition) is 2. The quantitative estimate of drug-likeness (QED) is 0.612. The van der Waals surface area contributed by atoms with E-state index in [0.29, 0.717) is 5.92 Å². The first kappa shape index (κ1) is 14.2. The van der Waals surface area contributed by atoms with E-state index >= 15 is 0 Å². The molecule has 0 aromatic heterocycles. The van der Waals surface area contributed by atoms with Crippen LogP contribution in [0, 0.1) is 5.92 Å². The van der Waals surface area contributed by atoms with Gasteiger partial charge in [-0.2, -0.15) is 0 Å². The van der Waals surface area contributed by atoms with Crippen molar-refractivity contribution < 1.29 is 9.47 Å². The van der Waals surface area contributed by atoms with Gasteiger partial charge in [0.2, 0.25) is 0 Å². The SMILES string of the molecule is CCOCCC(COCC)Cc1ccccc1. The molecule has 0 fully saturated rings. The van der Waals surface area contributed by atoms with E-state index in [1.54, 1.807) is 0 Å². The first-order valence-corrected chi connectivity index (χ1v) is 6.56. The summed E-state index contributed by atoms with van der Waals surface area (Å²) in [5.74, 6) is 0.559. The first-order valence-electron chi connectivity index (χ1n) is 6.56. The molecule has 1 unspecified atom stereocenters. The average Bonchev–Trinajstić information content (AvgIpc) is 2.37. The van der Waals surface area contributed by atoms with E-state index in [1.807, 2.05) is 13.8 Å². The molecule has 0 saturated carbocycles. The van der Waals surface area contributed by atoms with E-state index in [9.17, 15) is 0 Å². The molecule has 0 bridgehead atoms. The molecule has 0 spiro atoms. The van der Waals surface area contributed by atoms with Crippen LogP contribution < -0.4 is 0 Å². The molecule has 0 amide bonds. The van der Waals surface area contributed by atoms with Gasteiger partial charge < -0.3 is 9.47 Å². The van der Waals surface area contributed by atoms with Crippen LogP contribution in [0.25, 0.3) is 0 Å². The number of hydrogen-bond donors (Lipinski definition) is 0. The van der Waals surface area contributed by atoms with Crippen LogP contribution in [0.2, 0.25) is 0 Å². The zero-order chi connectivity index (χ0) is 12.3. The number of rotatable bonds is 9. The van der Waals surface area contributed by atoms with Gasteiger partial charge in [0, 0.05) is 26.4 Å². The molecule has 96 valence electrons. The summed E-state index contributed by atoms with van der Waals surface area (Å²) in [5, 5.41) is 0. The van der Waals surface area contributed by atoms with Gasteiger partial charge in [-0.3, -0.25) is 0 Å². The molecule has 0 aliphatic heterocycles. The third-order valence-corrected chi connectivity index (χ3v) is 2.80. The molecular weight excluding hydrogens is 212 g/mol. The van der Waals surface area contributed by atoms with Gasteiger partial charge in [0.15, 0.2) is 0 Å². The average molecular weight is 236 g/mol. The second-order valence-corrected chi connectivity index (χ2v) is 4.20. The van der Waals surface area contributed by atoms with Crippen LogP contribution in [0.1, 0.15) is 25.8 Å². The van der Waals surface area contributed by atoms with Gasteiger partial charge in [-0.15, -0.1) is 0 Å². The molecule has 1 rings (SSSR count). The Morgan fingerprint density at radius 3 is 2.35 bits per heavy atom. The van der Waals surface area contributed by atoms with Crippen LogP contribution in [-0.4, -0.2) is 26.4 Å². The van der Waals surface area contributed by atoms with Crippen LogP contribution >= 0.6 is 0 Å². The van der Waals surface area contributed by atoms with Gasteiger partial charge in [-0.1, -0.05) is 30.3 Å². The smallest absolute Gasteiger partial charge is 0.0498 e. The molecule has 0 aliphatic rings. The fourth-order valence-corrected chi connectivity index (χ4v) is 1.87. The molecular formula is C15H24O2. The minimum Gasteiger partial charge on any atom is -0.382 e. The van der Waals surface area contributed by atoms with Crippen LogP contribution in [0.3, 0.4) is 0 Å². The summed E-state index contributed by atoms with van der Waals surface area (Å²) in [6, 6.07) is 10.6. The lowest BCUT2D eigenvalue weighted by Gasteiger charge is -2.16. The molecule has 0 aliphatic carbocycles. The Labute approximate surface area is 105 Å². The fourth-order valence-electron chi connectivity index (χ4n) is 1.87. The summed E-state index contributed by atoms with van der Waals surface area (Å²) >= 11 is 0. The minimum atomic E-state index is 0.559. The summed E-state index contributed by atoms with van der Waals surface area (Å²) in [5.41, 5.74) is 1.38.